The molecule has 0 bridgehead atoms. The number of hydrogen-bond acceptors (Lipinski definition) is 3. The van der Waals surface area contributed by atoms with Crippen LogP contribution in [-0.4, -0.2) is 13.0 Å². The molecule has 0 saturated carbocycles. The van der Waals surface area contributed by atoms with E-state index in [2.05, 4.69) is 0 Å². The Kier molecular flexibility index (Phi) is 3.40. The number of rotatable bonds is 2. The summed E-state index contributed by atoms with van der Waals surface area (Å²) in [5, 5.41) is 0. The van der Waals surface area contributed by atoms with Gasteiger partial charge in [-0.1, -0.05) is 30.3 Å². The number of ether oxygens (including phenoxy) is 1. The molecule has 1 heterocycles. The summed E-state index contributed by atoms with van der Waals surface area (Å²) < 4.78 is 7.09. The highest BCUT2D eigenvalue weighted by Crippen LogP contribution is 2.43. The predicted octanol–water partition coefficient (Wildman–Crippen LogP) is 3.85. The maximum Gasteiger partial charge on any atom is 0.244 e. The molecule has 0 spiro atoms. The van der Waals surface area contributed by atoms with E-state index in [4.69, 9.17) is 4.74 Å². The van der Waals surface area contributed by atoms with E-state index in [0.717, 1.165) is 16.1 Å². The number of amides is 1. The molecule has 1 aliphatic rings. The Morgan fingerprint density at radius 3 is 2.60 bits per heavy atom. The highest BCUT2D eigenvalue weighted by Gasteiger charge is 2.32. The molecule has 0 fully saturated rings. The third-order valence-corrected chi connectivity index (χ3v) is 4.58. The molecule has 3 rings (SSSR count). The maximum atomic E-state index is 12.6. The summed E-state index contributed by atoms with van der Waals surface area (Å²) in [5.74, 6) is 0.649. The van der Waals surface area contributed by atoms with Crippen molar-refractivity contribution in [3.63, 3.8) is 0 Å². The van der Waals surface area contributed by atoms with Crippen LogP contribution in [0.1, 0.15) is 18.4 Å². The van der Waals surface area contributed by atoms with E-state index in [1.807, 2.05) is 55.5 Å². The van der Waals surface area contributed by atoms with Crippen LogP contribution in [0.15, 0.2) is 53.4 Å². The van der Waals surface area contributed by atoms with E-state index in [1.54, 1.807) is 11.4 Å². The minimum Gasteiger partial charge on any atom is -0.495 e. The molecule has 20 heavy (non-hydrogen) atoms. The molecule has 3 nitrogen and oxygen atoms in total. The van der Waals surface area contributed by atoms with Crippen LogP contribution in [0.4, 0.5) is 5.69 Å². The molecule has 0 radical (unpaired) electrons. The number of benzene rings is 2. The number of anilines is 1. The van der Waals surface area contributed by atoms with Gasteiger partial charge in [0.15, 0.2) is 0 Å². The lowest BCUT2D eigenvalue weighted by molar-refractivity contribution is -0.118. The van der Waals surface area contributed by atoms with Gasteiger partial charge >= 0.3 is 0 Å². The molecule has 1 atom stereocenters. The van der Waals surface area contributed by atoms with Gasteiger partial charge in [0.1, 0.15) is 5.75 Å². The molecule has 0 aliphatic carbocycles. The lowest BCUT2D eigenvalue weighted by Crippen LogP contribution is -2.32. The first-order chi connectivity index (χ1) is 9.72. The molecule has 1 unspecified atom stereocenters. The molecule has 2 aromatic rings. The van der Waals surface area contributed by atoms with E-state index < -0.39 is 0 Å². The fourth-order valence-electron chi connectivity index (χ4n) is 2.34. The number of hydrogen-bond donors (Lipinski definition) is 0. The van der Waals surface area contributed by atoms with Crippen molar-refractivity contribution >= 4 is 23.5 Å². The topological polar surface area (TPSA) is 29.5 Å². The van der Waals surface area contributed by atoms with Gasteiger partial charge in [-0.25, -0.2) is 4.31 Å². The van der Waals surface area contributed by atoms with Crippen molar-refractivity contribution in [2.24, 2.45) is 0 Å². The summed E-state index contributed by atoms with van der Waals surface area (Å²) in [5.41, 5.74) is 1.89. The Morgan fingerprint density at radius 2 is 1.80 bits per heavy atom. The molecular formula is C16H15NO2S. The van der Waals surface area contributed by atoms with Gasteiger partial charge in [-0.05, 0) is 42.6 Å². The van der Waals surface area contributed by atoms with Crippen molar-refractivity contribution in [2.45, 2.75) is 17.7 Å². The second-order valence-electron chi connectivity index (χ2n) is 4.66. The molecule has 2 aromatic carbocycles. The zero-order valence-corrected chi connectivity index (χ0v) is 12.2. The quantitative estimate of drug-likeness (QED) is 0.785. The Morgan fingerprint density at radius 1 is 1.10 bits per heavy atom. The lowest BCUT2D eigenvalue weighted by Gasteiger charge is -2.31. The van der Waals surface area contributed by atoms with Crippen molar-refractivity contribution in [1.82, 2.24) is 0 Å². The molecule has 102 valence electrons. The van der Waals surface area contributed by atoms with Crippen LogP contribution >= 0.6 is 11.9 Å². The number of methoxy groups -OCH3 is 1. The Balaban J connectivity index is 2.06. The minimum absolute atomic E-state index is 0.0817. The third kappa shape index (κ3) is 2.06. The molecule has 1 amide bonds. The standard InChI is InChI=1S/C16H15NO2S/c1-11-12-7-3-6-10-15(12)20-17(16(11)18)13-8-4-5-9-14(13)19-2/h3-11H,1-2H3. The van der Waals surface area contributed by atoms with Gasteiger partial charge in [0.2, 0.25) is 5.91 Å². The molecular weight excluding hydrogens is 270 g/mol. The zero-order chi connectivity index (χ0) is 14.1. The van der Waals surface area contributed by atoms with Crippen LogP contribution in [0, 0.1) is 0 Å². The lowest BCUT2D eigenvalue weighted by atomic mass is 10.00. The molecule has 0 N–H and O–H groups in total. The smallest absolute Gasteiger partial charge is 0.244 e. The maximum absolute atomic E-state index is 12.6. The van der Waals surface area contributed by atoms with Crippen LogP contribution in [0.25, 0.3) is 0 Å². The second-order valence-corrected chi connectivity index (χ2v) is 5.64. The van der Waals surface area contributed by atoms with Crippen molar-refractivity contribution in [1.29, 1.82) is 0 Å². The average Bonchev–Trinajstić information content (AvgIpc) is 2.51. The fraction of sp³-hybridized carbons (Fsp3) is 0.188. The van der Waals surface area contributed by atoms with Crippen LogP contribution in [0.3, 0.4) is 0 Å². The predicted molar refractivity (Wildman–Crippen MR) is 81.2 cm³/mol. The van der Waals surface area contributed by atoms with Crippen LogP contribution < -0.4 is 9.04 Å². The van der Waals surface area contributed by atoms with E-state index in [9.17, 15) is 4.79 Å². The summed E-state index contributed by atoms with van der Waals surface area (Å²) >= 11 is 1.46. The van der Waals surface area contributed by atoms with Crippen molar-refractivity contribution in [2.75, 3.05) is 11.4 Å². The van der Waals surface area contributed by atoms with Crippen molar-refractivity contribution in [3.05, 3.63) is 54.1 Å². The first kappa shape index (κ1) is 13.1. The Labute approximate surface area is 122 Å². The number of nitrogens with zero attached hydrogens (tertiary/aromatic N) is 1. The summed E-state index contributed by atoms with van der Waals surface area (Å²) in [6.07, 6.45) is 0. The molecule has 0 aromatic heterocycles. The normalized spacial score (nSPS) is 17.8. The summed E-state index contributed by atoms with van der Waals surface area (Å²) in [4.78, 5) is 13.7. The highest BCUT2D eigenvalue weighted by molar-refractivity contribution is 8.01. The van der Waals surface area contributed by atoms with Gasteiger partial charge in [0.05, 0.1) is 18.7 Å². The van der Waals surface area contributed by atoms with Gasteiger partial charge in [-0.3, -0.25) is 4.79 Å². The first-order valence-corrected chi connectivity index (χ1v) is 7.23. The van der Waals surface area contributed by atoms with Gasteiger partial charge in [0, 0.05) is 4.90 Å². The highest BCUT2D eigenvalue weighted by atomic mass is 32.2. The summed E-state index contributed by atoms with van der Waals surface area (Å²) in [7, 11) is 1.62. The number of fused-ring (bicyclic) bond motifs is 1. The van der Waals surface area contributed by atoms with Gasteiger partial charge in [-0.2, -0.15) is 0 Å². The van der Waals surface area contributed by atoms with Crippen LogP contribution in [0.2, 0.25) is 0 Å². The average molecular weight is 285 g/mol. The zero-order valence-electron chi connectivity index (χ0n) is 11.4. The van der Waals surface area contributed by atoms with Gasteiger partial charge in [-0.15, -0.1) is 0 Å². The number of carbonyl (C=O) groups excluding carboxylic acids is 1. The van der Waals surface area contributed by atoms with Crippen molar-refractivity contribution in [3.8, 4) is 5.75 Å². The molecule has 1 aliphatic heterocycles. The van der Waals surface area contributed by atoms with E-state index >= 15 is 0 Å². The van der Waals surface area contributed by atoms with Crippen LogP contribution in [0.5, 0.6) is 5.75 Å². The summed E-state index contributed by atoms with van der Waals surface area (Å²) in [6.45, 7) is 1.95. The van der Waals surface area contributed by atoms with E-state index in [-0.39, 0.29) is 11.8 Å². The first-order valence-electron chi connectivity index (χ1n) is 6.46. The minimum atomic E-state index is -0.141. The Hall–Kier alpha value is -1.94. The van der Waals surface area contributed by atoms with Gasteiger partial charge < -0.3 is 4.74 Å². The monoisotopic (exact) mass is 285 g/mol. The SMILES string of the molecule is COc1ccccc1N1Sc2ccccc2C(C)C1=O. The van der Waals surface area contributed by atoms with Gasteiger partial charge in [0.25, 0.3) is 0 Å². The van der Waals surface area contributed by atoms with Crippen LogP contribution in [-0.2, 0) is 4.79 Å². The Bertz CT molecular complexity index is 656. The fourth-order valence-corrected chi connectivity index (χ4v) is 3.52. The summed E-state index contributed by atoms with van der Waals surface area (Å²) in [6, 6.07) is 15.6. The molecule has 0 saturated heterocycles. The molecule has 4 heteroatoms. The van der Waals surface area contributed by atoms with E-state index in [1.165, 1.54) is 11.9 Å². The second kappa shape index (κ2) is 5.21. The number of carbonyl (C=O) groups is 1. The van der Waals surface area contributed by atoms with E-state index in [0.29, 0.717) is 5.75 Å². The third-order valence-electron chi connectivity index (χ3n) is 3.45. The largest absolute Gasteiger partial charge is 0.495 e. The van der Waals surface area contributed by atoms with Crippen molar-refractivity contribution < 1.29 is 9.53 Å². The number of para-hydroxylation sites is 2.